The zero-order valence-electron chi connectivity index (χ0n) is 9.52. The molecular weight excluding hydrogens is 168 g/mol. The topological polar surface area (TPSA) is 0 Å². The van der Waals surface area contributed by atoms with Gasteiger partial charge in [0.25, 0.3) is 0 Å². The average molecular weight is 186 g/mol. The van der Waals surface area contributed by atoms with Crippen LogP contribution < -0.4 is 0 Å². The standard InChI is InChI=1S/C14H18/c1-10-8-12-6-5-7-14(3,4)13(12)9-11(10)2/h5-6,8-9H,7H2,1-4H3. The molecule has 0 aromatic heterocycles. The Labute approximate surface area is 86.7 Å². The van der Waals surface area contributed by atoms with Crippen LogP contribution in [-0.4, -0.2) is 0 Å². The van der Waals surface area contributed by atoms with Crippen molar-refractivity contribution >= 4 is 6.08 Å². The maximum atomic E-state index is 2.36. The first-order valence-corrected chi connectivity index (χ1v) is 5.29. The van der Waals surface area contributed by atoms with Gasteiger partial charge < -0.3 is 0 Å². The van der Waals surface area contributed by atoms with Crippen LogP contribution in [-0.2, 0) is 5.41 Å². The Morgan fingerprint density at radius 3 is 2.43 bits per heavy atom. The van der Waals surface area contributed by atoms with E-state index < -0.39 is 0 Å². The lowest BCUT2D eigenvalue weighted by Gasteiger charge is -2.30. The van der Waals surface area contributed by atoms with Crippen molar-refractivity contribution in [3.8, 4) is 0 Å². The van der Waals surface area contributed by atoms with Gasteiger partial charge in [-0.2, -0.15) is 0 Å². The van der Waals surface area contributed by atoms with E-state index in [0.717, 1.165) is 6.42 Å². The van der Waals surface area contributed by atoms with E-state index >= 15 is 0 Å². The fourth-order valence-corrected chi connectivity index (χ4v) is 2.15. The molecule has 0 amide bonds. The van der Waals surface area contributed by atoms with Crippen LogP contribution in [0.25, 0.3) is 6.08 Å². The van der Waals surface area contributed by atoms with E-state index in [0.29, 0.717) is 5.41 Å². The maximum absolute atomic E-state index is 2.36. The van der Waals surface area contributed by atoms with Gasteiger partial charge in [-0.15, -0.1) is 0 Å². The second kappa shape index (κ2) is 2.98. The molecule has 0 N–H and O–H groups in total. The van der Waals surface area contributed by atoms with Crippen molar-refractivity contribution in [1.82, 2.24) is 0 Å². The van der Waals surface area contributed by atoms with Crippen LogP contribution in [0.4, 0.5) is 0 Å². The summed E-state index contributed by atoms with van der Waals surface area (Å²) in [5.74, 6) is 0. The summed E-state index contributed by atoms with van der Waals surface area (Å²) in [4.78, 5) is 0. The molecule has 0 bridgehead atoms. The highest BCUT2D eigenvalue weighted by Gasteiger charge is 2.24. The number of benzene rings is 1. The lowest BCUT2D eigenvalue weighted by molar-refractivity contribution is 0.528. The number of rotatable bonds is 0. The van der Waals surface area contributed by atoms with E-state index in [1.54, 1.807) is 0 Å². The summed E-state index contributed by atoms with van der Waals surface area (Å²) in [5.41, 5.74) is 6.02. The first kappa shape index (κ1) is 9.51. The van der Waals surface area contributed by atoms with Crippen molar-refractivity contribution in [2.75, 3.05) is 0 Å². The lowest BCUT2D eigenvalue weighted by atomic mass is 9.75. The van der Waals surface area contributed by atoms with Gasteiger partial charge in [0.05, 0.1) is 0 Å². The molecule has 0 nitrogen and oxygen atoms in total. The highest BCUT2D eigenvalue weighted by molar-refractivity contribution is 5.61. The van der Waals surface area contributed by atoms with Crippen molar-refractivity contribution in [2.24, 2.45) is 0 Å². The molecule has 1 aromatic carbocycles. The van der Waals surface area contributed by atoms with Crippen LogP contribution in [0, 0.1) is 13.8 Å². The number of allylic oxidation sites excluding steroid dienone is 1. The SMILES string of the molecule is Cc1cc2c(cc1C)C(C)(C)CC=C2. The molecule has 0 atom stereocenters. The van der Waals surface area contributed by atoms with E-state index in [1.165, 1.54) is 22.3 Å². The molecule has 0 heterocycles. The lowest BCUT2D eigenvalue weighted by Crippen LogP contribution is -2.20. The third-order valence-electron chi connectivity index (χ3n) is 3.32. The smallest absolute Gasteiger partial charge is 0.00630 e. The molecule has 0 saturated heterocycles. The number of aryl methyl sites for hydroxylation is 2. The van der Waals surface area contributed by atoms with Gasteiger partial charge in [0, 0.05) is 0 Å². The molecule has 0 aliphatic heterocycles. The summed E-state index contributed by atoms with van der Waals surface area (Å²) in [7, 11) is 0. The molecule has 0 heteroatoms. The van der Waals surface area contributed by atoms with E-state index in [1.807, 2.05) is 0 Å². The molecule has 1 aromatic rings. The minimum absolute atomic E-state index is 0.308. The van der Waals surface area contributed by atoms with Gasteiger partial charge in [-0.25, -0.2) is 0 Å². The van der Waals surface area contributed by atoms with Crippen LogP contribution in [0.5, 0.6) is 0 Å². The predicted octanol–water partition coefficient (Wildman–Crippen LogP) is 4.00. The minimum Gasteiger partial charge on any atom is -0.0831 e. The quantitative estimate of drug-likeness (QED) is 0.574. The van der Waals surface area contributed by atoms with Crippen molar-refractivity contribution < 1.29 is 0 Å². The number of fused-ring (bicyclic) bond motifs is 1. The molecule has 1 aliphatic rings. The third kappa shape index (κ3) is 1.39. The van der Waals surface area contributed by atoms with Crippen LogP contribution in [0.3, 0.4) is 0 Å². The molecule has 1 aliphatic carbocycles. The number of hydrogen-bond acceptors (Lipinski definition) is 0. The van der Waals surface area contributed by atoms with E-state index in [4.69, 9.17) is 0 Å². The summed E-state index contributed by atoms with van der Waals surface area (Å²) in [5, 5.41) is 0. The van der Waals surface area contributed by atoms with Gasteiger partial charge in [-0.1, -0.05) is 38.1 Å². The largest absolute Gasteiger partial charge is 0.0831 e. The van der Waals surface area contributed by atoms with Crippen LogP contribution in [0.1, 0.15) is 42.5 Å². The van der Waals surface area contributed by atoms with Crippen LogP contribution >= 0.6 is 0 Å². The Hall–Kier alpha value is -1.04. The van der Waals surface area contributed by atoms with Gasteiger partial charge in [-0.3, -0.25) is 0 Å². The fourth-order valence-electron chi connectivity index (χ4n) is 2.15. The highest BCUT2D eigenvalue weighted by Crippen LogP contribution is 2.36. The summed E-state index contributed by atoms with van der Waals surface area (Å²) < 4.78 is 0. The molecule has 74 valence electrons. The first-order valence-electron chi connectivity index (χ1n) is 5.29. The number of hydrogen-bond donors (Lipinski definition) is 0. The molecule has 0 saturated carbocycles. The Morgan fingerprint density at radius 2 is 1.71 bits per heavy atom. The van der Waals surface area contributed by atoms with Gasteiger partial charge >= 0.3 is 0 Å². The fraction of sp³-hybridized carbons (Fsp3) is 0.429. The van der Waals surface area contributed by atoms with Gasteiger partial charge in [-0.05, 0) is 47.9 Å². The monoisotopic (exact) mass is 186 g/mol. The average Bonchev–Trinajstić information content (AvgIpc) is 2.08. The van der Waals surface area contributed by atoms with E-state index in [9.17, 15) is 0 Å². The van der Waals surface area contributed by atoms with Gasteiger partial charge in [0.1, 0.15) is 0 Å². The molecule has 0 fully saturated rings. The molecule has 14 heavy (non-hydrogen) atoms. The summed E-state index contributed by atoms with van der Waals surface area (Å²) in [6.45, 7) is 9.03. The van der Waals surface area contributed by atoms with Crippen LogP contribution in [0.15, 0.2) is 18.2 Å². The molecule has 2 rings (SSSR count). The second-order valence-corrected chi connectivity index (χ2v) is 5.01. The molecule has 0 spiro atoms. The molecule has 0 unspecified atom stereocenters. The van der Waals surface area contributed by atoms with Crippen LogP contribution in [0.2, 0.25) is 0 Å². The Morgan fingerprint density at radius 1 is 1.07 bits per heavy atom. The van der Waals surface area contributed by atoms with E-state index in [2.05, 4.69) is 52.0 Å². The summed E-state index contributed by atoms with van der Waals surface area (Å²) in [6, 6.07) is 4.66. The summed E-state index contributed by atoms with van der Waals surface area (Å²) in [6.07, 6.45) is 5.70. The second-order valence-electron chi connectivity index (χ2n) is 5.01. The third-order valence-corrected chi connectivity index (χ3v) is 3.32. The van der Waals surface area contributed by atoms with Crippen molar-refractivity contribution in [2.45, 2.75) is 39.5 Å². The van der Waals surface area contributed by atoms with Crippen molar-refractivity contribution in [3.63, 3.8) is 0 Å². The van der Waals surface area contributed by atoms with Gasteiger partial charge in [0.15, 0.2) is 0 Å². The Balaban J connectivity index is 2.66. The van der Waals surface area contributed by atoms with Gasteiger partial charge in [0.2, 0.25) is 0 Å². The normalized spacial score (nSPS) is 18.0. The minimum atomic E-state index is 0.308. The maximum Gasteiger partial charge on any atom is -0.00630 e. The predicted molar refractivity (Wildman–Crippen MR) is 62.6 cm³/mol. The molecule has 0 radical (unpaired) electrons. The zero-order valence-corrected chi connectivity index (χ0v) is 9.52. The summed E-state index contributed by atoms with van der Waals surface area (Å²) >= 11 is 0. The van der Waals surface area contributed by atoms with Crippen molar-refractivity contribution in [1.29, 1.82) is 0 Å². The Kier molecular flexibility index (Phi) is 2.02. The molecular formula is C14H18. The first-order chi connectivity index (χ1) is 6.50. The van der Waals surface area contributed by atoms with E-state index in [-0.39, 0.29) is 0 Å². The Bertz CT molecular complexity index is 395. The zero-order chi connectivity index (χ0) is 10.3. The van der Waals surface area contributed by atoms with Crippen molar-refractivity contribution in [3.05, 3.63) is 40.5 Å². The highest BCUT2D eigenvalue weighted by atomic mass is 14.3.